The zero-order valence-corrected chi connectivity index (χ0v) is 14.9. The normalized spacial score (nSPS) is 15.5. The summed E-state index contributed by atoms with van der Waals surface area (Å²) in [5.74, 6) is -0.0565. The van der Waals surface area contributed by atoms with Crippen molar-refractivity contribution >= 4 is 29.0 Å². The van der Waals surface area contributed by atoms with Crippen molar-refractivity contribution in [1.82, 2.24) is 4.90 Å². The number of aliphatic imine (C=N–C) groups is 1. The van der Waals surface area contributed by atoms with E-state index in [1.807, 2.05) is 6.92 Å². The number of amides is 2. The minimum absolute atomic E-state index is 0.0302. The number of nitrogens with zero attached hydrogens (tertiary/aromatic N) is 2. The number of benzene rings is 2. The fourth-order valence-corrected chi connectivity index (χ4v) is 3.32. The third kappa shape index (κ3) is 3.03. The van der Waals surface area contributed by atoms with Gasteiger partial charge in [0.15, 0.2) is 5.78 Å². The number of fused-ring (bicyclic) bond motifs is 2. The van der Waals surface area contributed by atoms with Gasteiger partial charge in [0, 0.05) is 17.7 Å². The van der Waals surface area contributed by atoms with Gasteiger partial charge in [-0.15, -0.1) is 0 Å². The molecule has 0 saturated carbocycles. The highest BCUT2D eigenvalue weighted by molar-refractivity contribution is 6.21. The highest BCUT2D eigenvalue weighted by atomic mass is 16.5. The van der Waals surface area contributed by atoms with Gasteiger partial charge >= 0.3 is 0 Å². The molecule has 136 valence electrons. The Morgan fingerprint density at radius 1 is 1.00 bits per heavy atom. The Morgan fingerprint density at radius 3 is 2.37 bits per heavy atom. The Bertz CT molecular complexity index is 958. The molecular weight excluding hydrogens is 344 g/mol. The van der Waals surface area contributed by atoms with Gasteiger partial charge in [-0.05, 0) is 36.8 Å². The van der Waals surface area contributed by atoms with Crippen LogP contribution >= 0.6 is 0 Å². The third-order valence-electron chi connectivity index (χ3n) is 4.78. The molecule has 2 aliphatic rings. The Labute approximate surface area is 156 Å². The molecule has 27 heavy (non-hydrogen) atoms. The van der Waals surface area contributed by atoms with Crippen LogP contribution in [0.3, 0.4) is 0 Å². The van der Waals surface area contributed by atoms with Crippen molar-refractivity contribution in [2.75, 3.05) is 13.2 Å². The first-order chi connectivity index (χ1) is 13.1. The molecule has 2 amide bonds. The van der Waals surface area contributed by atoms with Gasteiger partial charge in [0.2, 0.25) is 0 Å². The average Bonchev–Trinajstić information content (AvgIpc) is 2.93. The van der Waals surface area contributed by atoms with Gasteiger partial charge in [0.05, 0.1) is 23.4 Å². The zero-order valence-electron chi connectivity index (χ0n) is 14.9. The monoisotopic (exact) mass is 362 g/mol. The van der Waals surface area contributed by atoms with Crippen LogP contribution in [0, 0.1) is 0 Å². The quantitative estimate of drug-likeness (QED) is 0.764. The van der Waals surface area contributed by atoms with Crippen molar-refractivity contribution in [1.29, 1.82) is 0 Å². The topological polar surface area (TPSA) is 76.0 Å². The summed E-state index contributed by atoms with van der Waals surface area (Å²) in [6, 6.07) is 12.0. The number of Topliss-reactive ketones (excluding diaryl/α,β-unsaturated/α-hetero) is 1. The number of ketones is 1. The first-order valence-corrected chi connectivity index (χ1v) is 8.90. The lowest BCUT2D eigenvalue weighted by molar-refractivity contribution is 0.0631. The number of hydrogen-bond donors (Lipinski definition) is 0. The van der Waals surface area contributed by atoms with Crippen LogP contribution in [-0.2, 0) is 0 Å². The van der Waals surface area contributed by atoms with E-state index >= 15 is 0 Å². The molecule has 0 unspecified atom stereocenters. The number of carbonyl (C=O) groups excluding carboxylic acids is 3. The maximum Gasteiger partial charge on any atom is 0.261 e. The first-order valence-electron chi connectivity index (χ1n) is 8.90. The molecule has 2 aromatic rings. The lowest BCUT2D eigenvalue weighted by atomic mass is 9.99. The van der Waals surface area contributed by atoms with Gasteiger partial charge in [-0.2, -0.15) is 0 Å². The number of carbonyl (C=O) groups is 3. The summed E-state index contributed by atoms with van der Waals surface area (Å²) in [6.45, 7) is 2.28. The summed E-state index contributed by atoms with van der Waals surface area (Å²) in [7, 11) is 0. The summed E-state index contributed by atoms with van der Waals surface area (Å²) in [4.78, 5) is 42.6. The fraction of sp³-hybridized carbons (Fsp3) is 0.238. The van der Waals surface area contributed by atoms with Gasteiger partial charge in [-0.3, -0.25) is 24.3 Å². The molecule has 0 aromatic heterocycles. The maximum atomic E-state index is 12.3. The number of rotatable bonds is 5. The zero-order chi connectivity index (χ0) is 19.0. The predicted molar refractivity (Wildman–Crippen MR) is 100 cm³/mol. The predicted octanol–water partition coefficient (Wildman–Crippen LogP) is 3.43. The highest BCUT2D eigenvalue weighted by Gasteiger charge is 2.34. The second-order valence-corrected chi connectivity index (χ2v) is 6.47. The number of imide groups is 1. The molecule has 0 saturated heterocycles. The largest absolute Gasteiger partial charge is 0.492 e. The average molecular weight is 362 g/mol. The highest BCUT2D eigenvalue weighted by Crippen LogP contribution is 2.30. The van der Waals surface area contributed by atoms with Crippen LogP contribution in [0.15, 0.2) is 47.5 Å². The van der Waals surface area contributed by atoms with Gasteiger partial charge in [-0.25, -0.2) is 0 Å². The van der Waals surface area contributed by atoms with Gasteiger partial charge in [-0.1, -0.05) is 19.1 Å². The summed E-state index contributed by atoms with van der Waals surface area (Å²) >= 11 is 0. The smallest absolute Gasteiger partial charge is 0.261 e. The lowest BCUT2D eigenvalue weighted by Crippen LogP contribution is -2.33. The Morgan fingerprint density at radius 2 is 1.70 bits per heavy atom. The molecule has 0 N–H and O–H groups in total. The Balaban J connectivity index is 1.43. The van der Waals surface area contributed by atoms with E-state index < -0.39 is 0 Å². The van der Waals surface area contributed by atoms with Crippen LogP contribution in [0.2, 0.25) is 0 Å². The van der Waals surface area contributed by atoms with E-state index in [4.69, 9.17) is 4.74 Å². The first kappa shape index (κ1) is 17.1. The van der Waals surface area contributed by atoms with Crippen molar-refractivity contribution in [3.05, 3.63) is 59.2 Å². The van der Waals surface area contributed by atoms with E-state index in [0.29, 0.717) is 34.5 Å². The third-order valence-corrected chi connectivity index (χ3v) is 4.78. The van der Waals surface area contributed by atoms with Crippen molar-refractivity contribution in [3.63, 3.8) is 0 Å². The lowest BCUT2D eigenvalue weighted by Gasteiger charge is -2.17. The Kier molecular flexibility index (Phi) is 4.32. The molecule has 4 rings (SSSR count). The molecule has 2 aliphatic heterocycles. The van der Waals surface area contributed by atoms with E-state index in [1.165, 1.54) is 4.90 Å². The standard InChI is InChI=1S/C21H18N2O4/c1-2-13-11-19(24)17-12-14(7-8-18(17)22-13)27-10-9-23-20(25)15-5-3-4-6-16(15)21(23)26/h3-8,12H,2,9-11H2,1H3. The van der Waals surface area contributed by atoms with Crippen LogP contribution < -0.4 is 4.74 Å². The number of hydrogen-bond acceptors (Lipinski definition) is 5. The van der Waals surface area contributed by atoms with Crippen LogP contribution in [0.1, 0.15) is 50.8 Å². The summed E-state index contributed by atoms with van der Waals surface area (Å²) < 4.78 is 5.68. The number of ether oxygens (including phenoxy) is 1. The molecule has 0 spiro atoms. The Hall–Kier alpha value is -3.28. The van der Waals surface area contributed by atoms with Gasteiger partial charge < -0.3 is 4.74 Å². The van der Waals surface area contributed by atoms with Crippen LogP contribution in [0.4, 0.5) is 5.69 Å². The van der Waals surface area contributed by atoms with Crippen LogP contribution in [0.5, 0.6) is 5.75 Å². The van der Waals surface area contributed by atoms with Crippen molar-refractivity contribution in [3.8, 4) is 5.75 Å². The van der Waals surface area contributed by atoms with Crippen LogP contribution in [-0.4, -0.2) is 41.4 Å². The molecule has 0 atom stereocenters. The van der Waals surface area contributed by atoms with Crippen molar-refractivity contribution in [2.24, 2.45) is 4.99 Å². The summed E-state index contributed by atoms with van der Waals surface area (Å²) in [5.41, 5.74) is 2.94. The second-order valence-electron chi connectivity index (χ2n) is 6.47. The molecule has 6 nitrogen and oxygen atoms in total. The second kappa shape index (κ2) is 6.79. The molecular formula is C21H18N2O4. The summed E-state index contributed by atoms with van der Waals surface area (Å²) in [6.07, 6.45) is 1.09. The maximum absolute atomic E-state index is 12.3. The van der Waals surface area contributed by atoms with E-state index in [1.54, 1.807) is 42.5 Å². The minimum atomic E-state index is -0.304. The SMILES string of the molecule is CCC1=Nc2ccc(OCCN3C(=O)c4ccccc4C3=O)cc2C(=O)C1. The van der Waals surface area contributed by atoms with Gasteiger partial charge in [0.1, 0.15) is 12.4 Å². The molecule has 2 aromatic carbocycles. The molecule has 0 aliphatic carbocycles. The molecule has 0 radical (unpaired) electrons. The van der Waals surface area contributed by atoms with Crippen LogP contribution in [0.25, 0.3) is 0 Å². The van der Waals surface area contributed by atoms with Crippen molar-refractivity contribution in [2.45, 2.75) is 19.8 Å². The van der Waals surface area contributed by atoms with E-state index in [0.717, 1.165) is 12.1 Å². The summed E-state index contributed by atoms with van der Waals surface area (Å²) in [5, 5.41) is 0. The van der Waals surface area contributed by atoms with Crippen molar-refractivity contribution < 1.29 is 19.1 Å². The van der Waals surface area contributed by atoms with Gasteiger partial charge in [0.25, 0.3) is 11.8 Å². The minimum Gasteiger partial charge on any atom is -0.492 e. The van der Waals surface area contributed by atoms with E-state index in [2.05, 4.69) is 4.99 Å². The van der Waals surface area contributed by atoms with E-state index in [-0.39, 0.29) is 30.7 Å². The molecule has 2 heterocycles. The molecule has 0 fully saturated rings. The molecule has 0 bridgehead atoms. The fourth-order valence-electron chi connectivity index (χ4n) is 3.32. The van der Waals surface area contributed by atoms with E-state index in [9.17, 15) is 14.4 Å². The molecule has 6 heteroatoms.